The summed E-state index contributed by atoms with van der Waals surface area (Å²) in [6.07, 6.45) is -0.187. The third-order valence-corrected chi connectivity index (χ3v) is 6.69. The second kappa shape index (κ2) is 11.2. The summed E-state index contributed by atoms with van der Waals surface area (Å²) in [6.45, 7) is 4.76. The molecule has 39 heavy (non-hydrogen) atoms. The Morgan fingerprint density at radius 1 is 0.846 bits per heavy atom. The summed E-state index contributed by atoms with van der Waals surface area (Å²) in [6, 6.07) is 9.44. The molecule has 0 unspecified atom stereocenters. The van der Waals surface area contributed by atoms with Gasteiger partial charge in [0.1, 0.15) is 11.6 Å². The SMILES string of the molecule is CCCCCC1(C)COC(O)(c2ccc(-c3ccc(C(F)(F)Oc4cc(F)c(F)c(F)c4)c(F)c3)cc2)OC1. The zero-order valence-electron chi connectivity index (χ0n) is 21.4. The van der Waals surface area contributed by atoms with Gasteiger partial charge in [-0.25, -0.2) is 17.6 Å². The Bertz CT molecular complexity index is 1280. The van der Waals surface area contributed by atoms with Crippen LogP contribution in [0.15, 0.2) is 54.6 Å². The molecule has 0 atom stereocenters. The molecular weight excluding hydrogens is 526 g/mol. The maximum Gasteiger partial charge on any atom is 0.429 e. The van der Waals surface area contributed by atoms with Crippen LogP contribution in [0.5, 0.6) is 5.75 Å². The van der Waals surface area contributed by atoms with E-state index >= 15 is 0 Å². The van der Waals surface area contributed by atoms with Crippen LogP contribution in [-0.4, -0.2) is 18.3 Å². The van der Waals surface area contributed by atoms with Gasteiger partial charge in [0.15, 0.2) is 17.5 Å². The number of rotatable bonds is 9. The normalized spacial score (nSPS) is 21.7. The van der Waals surface area contributed by atoms with Gasteiger partial charge in [-0.2, -0.15) is 8.78 Å². The Labute approximate surface area is 222 Å². The van der Waals surface area contributed by atoms with Gasteiger partial charge in [-0.15, -0.1) is 0 Å². The van der Waals surface area contributed by atoms with Crippen molar-refractivity contribution in [3.63, 3.8) is 0 Å². The van der Waals surface area contributed by atoms with Crippen molar-refractivity contribution in [1.29, 1.82) is 0 Å². The van der Waals surface area contributed by atoms with Crippen molar-refractivity contribution in [3.05, 3.63) is 89.0 Å². The zero-order valence-corrected chi connectivity index (χ0v) is 21.4. The van der Waals surface area contributed by atoms with E-state index in [0.29, 0.717) is 24.3 Å². The molecule has 3 aromatic rings. The largest absolute Gasteiger partial charge is 0.429 e. The fourth-order valence-electron chi connectivity index (χ4n) is 4.34. The van der Waals surface area contributed by atoms with Gasteiger partial charge in [-0.05, 0) is 29.7 Å². The fraction of sp³-hybridized carbons (Fsp3) is 0.379. The van der Waals surface area contributed by atoms with Crippen molar-refractivity contribution in [2.75, 3.05) is 13.2 Å². The molecule has 210 valence electrons. The van der Waals surface area contributed by atoms with Crippen LogP contribution in [0.4, 0.5) is 26.3 Å². The number of alkyl halides is 2. The topological polar surface area (TPSA) is 47.9 Å². The molecule has 0 spiro atoms. The minimum atomic E-state index is -4.31. The van der Waals surface area contributed by atoms with Crippen LogP contribution < -0.4 is 4.74 Å². The summed E-state index contributed by atoms with van der Waals surface area (Å²) in [7, 11) is 0. The smallest absolute Gasteiger partial charge is 0.429 e. The monoisotopic (exact) mass is 554 g/mol. The van der Waals surface area contributed by atoms with E-state index in [4.69, 9.17) is 9.47 Å². The van der Waals surface area contributed by atoms with Crippen LogP contribution >= 0.6 is 0 Å². The molecule has 0 aliphatic carbocycles. The zero-order chi connectivity index (χ0) is 28.4. The predicted octanol–water partition coefficient (Wildman–Crippen LogP) is 7.77. The van der Waals surface area contributed by atoms with Crippen LogP contribution in [0, 0.1) is 28.7 Å². The van der Waals surface area contributed by atoms with Gasteiger partial charge >= 0.3 is 12.1 Å². The van der Waals surface area contributed by atoms with Crippen LogP contribution in [0.3, 0.4) is 0 Å². The van der Waals surface area contributed by atoms with Gasteiger partial charge in [0.25, 0.3) is 0 Å². The van der Waals surface area contributed by atoms with Crippen molar-refractivity contribution in [2.24, 2.45) is 5.41 Å². The molecule has 1 aliphatic heterocycles. The van der Waals surface area contributed by atoms with E-state index in [1.54, 1.807) is 12.1 Å². The van der Waals surface area contributed by atoms with Crippen molar-refractivity contribution in [1.82, 2.24) is 0 Å². The van der Waals surface area contributed by atoms with Crippen molar-refractivity contribution < 1.29 is 45.7 Å². The molecule has 1 fully saturated rings. The van der Waals surface area contributed by atoms with Gasteiger partial charge in [-0.1, -0.05) is 63.4 Å². The first-order valence-electron chi connectivity index (χ1n) is 12.5. The number of aliphatic hydroxyl groups is 1. The maximum atomic E-state index is 14.7. The Kier molecular flexibility index (Phi) is 8.30. The molecule has 0 amide bonds. The molecule has 3 aromatic carbocycles. The molecule has 0 bridgehead atoms. The lowest BCUT2D eigenvalue weighted by molar-refractivity contribution is -0.414. The van der Waals surface area contributed by atoms with Gasteiger partial charge in [0.2, 0.25) is 0 Å². The van der Waals surface area contributed by atoms with E-state index in [0.717, 1.165) is 37.8 Å². The minimum Gasteiger partial charge on any atom is -0.429 e. The van der Waals surface area contributed by atoms with Crippen LogP contribution in [0.1, 0.15) is 50.7 Å². The number of unbranched alkanes of at least 4 members (excludes halogenated alkanes) is 2. The van der Waals surface area contributed by atoms with Gasteiger partial charge < -0.3 is 19.3 Å². The highest BCUT2D eigenvalue weighted by atomic mass is 19.3. The Morgan fingerprint density at radius 2 is 1.44 bits per heavy atom. The Morgan fingerprint density at radius 3 is 2.00 bits per heavy atom. The molecule has 10 heteroatoms. The maximum absolute atomic E-state index is 14.7. The molecule has 0 aromatic heterocycles. The number of benzene rings is 3. The second-order valence-electron chi connectivity index (χ2n) is 10.0. The van der Waals surface area contributed by atoms with E-state index in [2.05, 4.69) is 11.7 Å². The fourth-order valence-corrected chi connectivity index (χ4v) is 4.34. The molecular formula is C29H28F6O4. The Hall–Kier alpha value is -3.08. The standard InChI is InChI=1S/C29H28F6O4/c1-3-4-5-12-27(2)16-37-29(36,38-17-27)20-9-6-18(7-10-20)19-8-11-22(23(30)13-19)28(34,35)39-21-14-24(31)26(33)25(32)15-21/h6-11,13-15,36H,3-5,12,16-17H2,1-2H3. The summed E-state index contributed by atoms with van der Waals surface area (Å²) in [5.41, 5.74) is -0.407. The summed E-state index contributed by atoms with van der Waals surface area (Å²) in [4.78, 5) is 0. The van der Waals surface area contributed by atoms with E-state index in [-0.39, 0.29) is 23.1 Å². The highest BCUT2D eigenvalue weighted by Crippen LogP contribution is 2.39. The van der Waals surface area contributed by atoms with E-state index in [9.17, 15) is 31.4 Å². The summed E-state index contributed by atoms with van der Waals surface area (Å²) in [5.74, 6) is -9.60. The van der Waals surface area contributed by atoms with E-state index < -0.39 is 46.7 Å². The average Bonchev–Trinajstić information content (AvgIpc) is 2.89. The molecule has 1 heterocycles. The lowest BCUT2D eigenvalue weighted by Gasteiger charge is -2.42. The molecule has 1 N–H and O–H groups in total. The second-order valence-corrected chi connectivity index (χ2v) is 10.0. The lowest BCUT2D eigenvalue weighted by Crippen LogP contribution is -2.46. The molecule has 0 saturated carbocycles. The highest BCUT2D eigenvalue weighted by Gasteiger charge is 2.42. The van der Waals surface area contributed by atoms with Crippen LogP contribution in [0.2, 0.25) is 0 Å². The first-order valence-corrected chi connectivity index (χ1v) is 12.5. The lowest BCUT2D eigenvalue weighted by atomic mass is 9.85. The van der Waals surface area contributed by atoms with Gasteiger partial charge in [0.05, 0.1) is 18.8 Å². The van der Waals surface area contributed by atoms with Crippen molar-refractivity contribution >= 4 is 0 Å². The van der Waals surface area contributed by atoms with Gasteiger partial charge in [-0.3, -0.25) is 0 Å². The first-order chi connectivity index (χ1) is 18.4. The molecule has 1 aliphatic rings. The number of hydrogen-bond acceptors (Lipinski definition) is 4. The third kappa shape index (κ3) is 6.40. The first kappa shape index (κ1) is 28.9. The third-order valence-electron chi connectivity index (χ3n) is 6.69. The highest BCUT2D eigenvalue weighted by molar-refractivity contribution is 5.64. The molecule has 4 nitrogen and oxygen atoms in total. The average molecular weight is 555 g/mol. The summed E-state index contributed by atoms with van der Waals surface area (Å²) in [5, 5.41) is 10.9. The molecule has 0 radical (unpaired) electrons. The van der Waals surface area contributed by atoms with Crippen LogP contribution in [-0.2, 0) is 21.6 Å². The summed E-state index contributed by atoms with van der Waals surface area (Å²) >= 11 is 0. The van der Waals surface area contributed by atoms with Crippen molar-refractivity contribution in [2.45, 2.75) is 51.6 Å². The predicted molar refractivity (Wildman–Crippen MR) is 131 cm³/mol. The number of halogens is 6. The number of hydrogen-bond donors (Lipinski definition) is 1. The Balaban J connectivity index is 1.46. The number of ether oxygens (including phenoxy) is 3. The van der Waals surface area contributed by atoms with Crippen LogP contribution in [0.25, 0.3) is 11.1 Å². The minimum absolute atomic E-state index is 0.217. The van der Waals surface area contributed by atoms with E-state index in [1.165, 1.54) is 18.2 Å². The van der Waals surface area contributed by atoms with Gasteiger partial charge in [0, 0.05) is 23.1 Å². The molecule has 1 saturated heterocycles. The van der Waals surface area contributed by atoms with Crippen molar-refractivity contribution in [3.8, 4) is 16.9 Å². The molecule has 4 rings (SSSR count). The van der Waals surface area contributed by atoms with E-state index in [1.807, 2.05) is 6.92 Å². The quantitative estimate of drug-likeness (QED) is 0.167. The summed E-state index contributed by atoms with van der Waals surface area (Å²) < 4.78 is 99.4.